The Morgan fingerprint density at radius 3 is 2.15 bits per heavy atom. The van der Waals surface area contributed by atoms with E-state index in [0.717, 1.165) is 27.6 Å². The van der Waals surface area contributed by atoms with Crippen LogP contribution in [0.3, 0.4) is 0 Å². The van der Waals surface area contributed by atoms with Crippen LogP contribution in [0, 0.1) is 0 Å². The first-order valence-electron chi connectivity index (χ1n) is 15.9. The van der Waals surface area contributed by atoms with Crippen molar-refractivity contribution in [1.29, 1.82) is 0 Å². The topological polar surface area (TPSA) is 16.4 Å². The van der Waals surface area contributed by atoms with E-state index in [4.69, 9.17) is 4.42 Å². The monoisotopic (exact) mass is 655 g/mol. The molecule has 10 rings (SSSR count). The van der Waals surface area contributed by atoms with Crippen LogP contribution in [-0.4, -0.2) is 14.5 Å². The average Bonchev–Trinajstić information content (AvgIpc) is 3.73. The molecule has 1 aliphatic carbocycles. The molecule has 218 valence electrons. The molecule has 0 unspecified atom stereocenters. The van der Waals surface area contributed by atoms with Gasteiger partial charge in [-0.2, -0.15) is 0 Å². The molecule has 0 spiro atoms. The van der Waals surface area contributed by atoms with Gasteiger partial charge in [0.25, 0.3) is 0 Å². The van der Waals surface area contributed by atoms with Gasteiger partial charge in [-0.1, -0.05) is 0 Å². The summed E-state index contributed by atoms with van der Waals surface area (Å²) >= 11 is 0.265. The van der Waals surface area contributed by atoms with Crippen LogP contribution in [0.15, 0.2) is 144 Å². The maximum absolute atomic E-state index is 6.27. The van der Waals surface area contributed by atoms with Crippen molar-refractivity contribution in [2.45, 2.75) is 19.3 Å². The van der Waals surface area contributed by atoms with E-state index in [9.17, 15) is 0 Å². The second-order valence-corrected chi connectivity index (χ2v) is 15.1. The molecule has 2 aromatic heterocycles. The zero-order valence-electron chi connectivity index (χ0n) is 25.5. The van der Waals surface area contributed by atoms with E-state index in [-0.39, 0.29) is 19.9 Å². The normalized spacial score (nSPS) is 13.6. The molecule has 0 aliphatic heterocycles. The summed E-state index contributed by atoms with van der Waals surface area (Å²) in [7, 11) is 0. The molecule has 2 nitrogen and oxygen atoms in total. The molecule has 3 heteroatoms. The molecular weight excluding hydrogens is 625 g/mol. The quantitative estimate of drug-likeness (QED) is 0.176. The molecule has 0 radical (unpaired) electrons. The Kier molecular flexibility index (Phi) is 5.39. The van der Waals surface area contributed by atoms with Crippen LogP contribution in [0.25, 0.3) is 63.1 Å². The first kappa shape index (κ1) is 26.2. The Balaban J connectivity index is 1.28. The number of nitrogens with zero attached hydrogens (tertiary/aromatic N) is 1. The van der Waals surface area contributed by atoms with Crippen molar-refractivity contribution in [3.05, 3.63) is 151 Å². The molecule has 2 heterocycles. The van der Waals surface area contributed by atoms with Crippen LogP contribution in [0.5, 0.6) is 0 Å². The third-order valence-corrected chi connectivity index (χ3v) is 12.6. The van der Waals surface area contributed by atoms with Gasteiger partial charge in [0, 0.05) is 0 Å². The SMILES string of the molecule is CC1(C)c2ccccc2-c2cccc(N(c3ccc4oc5ccccc5c4c3)c3ccc4ccc5c6ccccc6[se]c5c4c3)c21. The van der Waals surface area contributed by atoms with Crippen LogP contribution in [0.2, 0.25) is 0 Å². The number of hydrogen-bond acceptors (Lipinski definition) is 2. The van der Waals surface area contributed by atoms with Gasteiger partial charge in [-0.15, -0.1) is 0 Å². The summed E-state index contributed by atoms with van der Waals surface area (Å²) in [6.45, 7) is 4.75. The van der Waals surface area contributed by atoms with Gasteiger partial charge >= 0.3 is 274 Å². The number of anilines is 3. The second-order valence-electron chi connectivity index (χ2n) is 12.9. The van der Waals surface area contributed by atoms with Gasteiger partial charge in [-0.25, -0.2) is 0 Å². The van der Waals surface area contributed by atoms with Crippen LogP contribution >= 0.6 is 0 Å². The van der Waals surface area contributed by atoms with Crippen molar-refractivity contribution < 1.29 is 4.42 Å². The zero-order valence-corrected chi connectivity index (χ0v) is 27.3. The summed E-state index contributed by atoms with van der Waals surface area (Å²) in [6.07, 6.45) is 0. The summed E-state index contributed by atoms with van der Waals surface area (Å²) in [5.41, 5.74) is 10.6. The van der Waals surface area contributed by atoms with Gasteiger partial charge in [0.15, 0.2) is 0 Å². The molecule has 0 saturated carbocycles. The number of rotatable bonds is 3. The summed E-state index contributed by atoms with van der Waals surface area (Å²) in [5.74, 6) is 0. The van der Waals surface area contributed by atoms with Gasteiger partial charge in [0.05, 0.1) is 0 Å². The van der Waals surface area contributed by atoms with Gasteiger partial charge in [0.1, 0.15) is 0 Å². The number of furan rings is 1. The first-order valence-corrected chi connectivity index (χ1v) is 17.6. The minimum absolute atomic E-state index is 0.157. The van der Waals surface area contributed by atoms with Crippen molar-refractivity contribution in [2.24, 2.45) is 0 Å². The van der Waals surface area contributed by atoms with E-state index in [1.54, 1.807) is 0 Å². The Labute approximate surface area is 272 Å². The van der Waals surface area contributed by atoms with Crippen LogP contribution < -0.4 is 4.90 Å². The fourth-order valence-corrected chi connectivity index (χ4v) is 10.5. The second kappa shape index (κ2) is 9.47. The van der Waals surface area contributed by atoms with E-state index in [2.05, 4.69) is 152 Å². The van der Waals surface area contributed by atoms with Crippen molar-refractivity contribution in [1.82, 2.24) is 0 Å². The molecule has 1 aliphatic rings. The Hall–Kier alpha value is -5.08. The molecule has 46 heavy (non-hydrogen) atoms. The van der Waals surface area contributed by atoms with E-state index >= 15 is 0 Å². The van der Waals surface area contributed by atoms with Crippen molar-refractivity contribution >= 4 is 83.6 Å². The molecular formula is C43H29NOSe. The standard InChI is InChI=1S/C43H29NOSe/c1-43(2)36-14-6-3-10-29(36)32-13-9-15-37(41(32)43)44(28-21-23-39-35(25-28)30-11-4-7-16-38(30)45-39)27-20-18-26-19-22-33-31-12-5-8-17-40(31)46-42(33)34(26)24-27/h3-25H,1-2H3. The number of para-hydroxylation sites is 1. The number of hydrogen-bond donors (Lipinski definition) is 0. The van der Waals surface area contributed by atoms with Gasteiger partial charge in [-0.05, 0) is 0 Å². The predicted octanol–water partition coefficient (Wildman–Crippen LogP) is 11.9. The molecule has 0 N–H and O–H groups in total. The van der Waals surface area contributed by atoms with Crippen LogP contribution in [-0.2, 0) is 5.41 Å². The summed E-state index contributed by atoms with van der Waals surface area (Å²) < 4.78 is 9.22. The molecule has 0 saturated heterocycles. The summed E-state index contributed by atoms with van der Waals surface area (Å²) in [6, 6.07) is 51.4. The van der Waals surface area contributed by atoms with Crippen LogP contribution in [0.4, 0.5) is 17.1 Å². The number of fused-ring (bicyclic) bond motifs is 11. The average molecular weight is 655 g/mol. The maximum atomic E-state index is 6.27. The molecule has 7 aromatic carbocycles. The fraction of sp³-hybridized carbons (Fsp3) is 0.0698. The Morgan fingerprint density at radius 2 is 1.24 bits per heavy atom. The zero-order chi connectivity index (χ0) is 30.6. The Bertz CT molecular complexity index is 2690. The van der Waals surface area contributed by atoms with E-state index in [0.29, 0.717) is 0 Å². The Morgan fingerprint density at radius 1 is 0.543 bits per heavy atom. The van der Waals surface area contributed by atoms with Crippen LogP contribution in [0.1, 0.15) is 25.0 Å². The minimum atomic E-state index is -0.157. The van der Waals surface area contributed by atoms with E-state index in [1.807, 2.05) is 6.07 Å². The summed E-state index contributed by atoms with van der Waals surface area (Å²) in [5, 5.41) is 7.69. The van der Waals surface area contributed by atoms with E-state index in [1.165, 1.54) is 63.7 Å². The molecule has 0 fully saturated rings. The van der Waals surface area contributed by atoms with Crippen molar-refractivity contribution in [2.75, 3.05) is 4.90 Å². The van der Waals surface area contributed by atoms with E-state index < -0.39 is 0 Å². The fourth-order valence-electron chi connectivity index (χ4n) is 7.92. The molecule has 9 aromatic rings. The van der Waals surface area contributed by atoms with Gasteiger partial charge in [0.2, 0.25) is 0 Å². The first-order chi connectivity index (χ1) is 22.6. The summed E-state index contributed by atoms with van der Waals surface area (Å²) in [4.78, 5) is 2.49. The molecule has 0 amide bonds. The third kappa shape index (κ3) is 3.59. The van der Waals surface area contributed by atoms with Gasteiger partial charge in [-0.3, -0.25) is 0 Å². The molecule has 0 atom stereocenters. The predicted molar refractivity (Wildman–Crippen MR) is 195 cm³/mol. The third-order valence-electron chi connectivity index (χ3n) is 10.0. The van der Waals surface area contributed by atoms with Crippen molar-refractivity contribution in [3.63, 3.8) is 0 Å². The van der Waals surface area contributed by atoms with Gasteiger partial charge < -0.3 is 0 Å². The number of benzene rings is 7. The van der Waals surface area contributed by atoms with Crippen molar-refractivity contribution in [3.8, 4) is 11.1 Å². The molecule has 0 bridgehead atoms.